The standard InChI is InChI=1S/C47H32N4O/c1-28-25-36-33-18-10-9-17-32(33)26-37(36)42(29(28)2)35-21-22-41-44(34-19-11-12-20-40(34)52-41)45(35)47-46(39-23-24-49-51-50-39)43(31-15-7-4-8-16-31)38(27-48-47)30-13-5-3-6-14-30/h3-25,27H,26H2,1-2H3. The molecule has 0 spiro atoms. The summed E-state index contributed by atoms with van der Waals surface area (Å²) in [4.78, 5) is 5.47. The molecule has 0 atom stereocenters. The van der Waals surface area contributed by atoms with Gasteiger partial charge in [0.25, 0.3) is 0 Å². The molecule has 0 aliphatic heterocycles. The molecule has 3 aromatic heterocycles. The monoisotopic (exact) mass is 668 g/mol. The largest absolute Gasteiger partial charge is 0.456 e. The van der Waals surface area contributed by atoms with Crippen LogP contribution in [0.5, 0.6) is 0 Å². The van der Waals surface area contributed by atoms with Gasteiger partial charge in [0.05, 0.1) is 17.6 Å². The van der Waals surface area contributed by atoms with Gasteiger partial charge in [-0.25, -0.2) is 0 Å². The van der Waals surface area contributed by atoms with Crippen LogP contribution in [0, 0.1) is 13.8 Å². The van der Waals surface area contributed by atoms with Crippen molar-refractivity contribution in [3.63, 3.8) is 0 Å². The highest BCUT2D eigenvalue weighted by Crippen LogP contribution is 2.52. The molecule has 1 aliphatic rings. The summed E-state index contributed by atoms with van der Waals surface area (Å²) in [5.41, 5.74) is 19.4. The third-order valence-electron chi connectivity index (χ3n) is 10.7. The highest BCUT2D eigenvalue weighted by Gasteiger charge is 2.30. The van der Waals surface area contributed by atoms with Crippen LogP contribution >= 0.6 is 0 Å². The van der Waals surface area contributed by atoms with E-state index in [1.807, 2.05) is 30.5 Å². The van der Waals surface area contributed by atoms with E-state index < -0.39 is 0 Å². The molecular weight excluding hydrogens is 637 g/mol. The number of benzene rings is 6. The Morgan fingerprint density at radius 3 is 2.13 bits per heavy atom. The molecule has 3 heterocycles. The van der Waals surface area contributed by atoms with E-state index in [1.54, 1.807) is 6.20 Å². The molecule has 1 aliphatic carbocycles. The van der Waals surface area contributed by atoms with Gasteiger partial charge in [-0.3, -0.25) is 4.98 Å². The summed E-state index contributed by atoms with van der Waals surface area (Å²) < 4.78 is 6.59. The lowest BCUT2D eigenvalue weighted by Crippen LogP contribution is -2.02. The average Bonchev–Trinajstić information content (AvgIpc) is 3.77. The molecule has 6 aromatic carbocycles. The summed E-state index contributed by atoms with van der Waals surface area (Å²) in [7, 11) is 0. The third kappa shape index (κ3) is 4.63. The number of hydrogen-bond acceptors (Lipinski definition) is 5. The third-order valence-corrected chi connectivity index (χ3v) is 10.7. The zero-order valence-corrected chi connectivity index (χ0v) is 28.8. The zero-order chi connectivity index (χ0) is 34.8. The number of nitrogens with zero attached hydrogens (tertiary/aromatic N) is 4. The predicted molar refractivity (Wildman–Crippen MR) is 210 cm³/mol. The van der Waals surface area contributed by atoms with Crippen LogP contribution in [-0.4, -0.2) is 20.4 Å². The van der Waals surface area contributed by atoms with Gasteiger partial charge in [-0.15, -0.1) is 10.2 Å². The maximum Gasteiger partial charge on any atom is 0.136 e. The van der Waals surface area contributed by atoms with Crippen molar-refractivity contribution >= 4 is 21.9 Å². The minimum atomic E-state index is 0.698. The van der Waals surface area contributed by atoms with Crippen LogP contribution in [0.1, 0.15) is 22.3 Å². The average molecular weight is 669 g/mol. The maximum atomic E-state index is 6.59. The molecule has 52 heavy (non-hydrogen) atoms. The number of rotatable bonds is 5. The van der Waals surface area contributed by atoms with Gasteiger partial charge in [0.1, 0.15) is 11.2 Å². The summed E-state index contributed by atoms with van der Waals surface area (Å²) in [5, 5.41) is 15.0. The van der Waals surface area contributed by atoms with Crippen LogP contribution in [-0.2, 0) is 6.42 Å². The molecule has 0 saturated carbocycles. The van der Waals surface area contributed by atoms with E-state index in [0.717, 1.165) is 73.0 Å². The topological polar surface area (TPSA) is 64.7 Å². The first kappa shape index (κ1) is 30.1. The number of aromatic nitrogens is 4. The van der Waals surface area contributed by atoms with Crippen molar-refractivity contribution in [1.29, 1.82) is 0 Å². The summed E-state index contributed by atoms with van der Waals surface area (Å²) in [6.07, 6.45) is 4.60. The molecule has 0 N–H and O–H groups in total. The molecule has 5 heteroatoms. The Labute approximate surface area is 301 Å². The smallest absolute Gasteiger partial charge is 0.136 e. The summed E-state index contributed by atoms with van der Waals surface area (Å²) in [6, 6.07) is 46.8. The Balaban J connectivity index is 1.40. The fourth-order valence-electron chi connectivity index (χ4n) is 8.22. The van der Waals surface area contributed by atoms with Crippen LogP contribution in [0.25, 0.3) is 89.0 Å². The molecule has 0 fully saturated rings. The van der Waals surface area contributed by atoms with Crippen molar-refractivity contribution in [2.75, 3.05) is 0 Å². The van der Waals surface area contributed by atoms with Crippen molar-refractivity contribution in [3.05, 3.63) is 168 Å². The van der Waals surface area contributed by atoms with E-state index in [-0.39, 0.29) is 0 Å². The van der Waals surface area contributed by atoms with Crippen LogP contribution < -0.4 is 0 Å². The van der Waals surface area contributed by atoms with Gasteiger partial charge in [0.2, 0.25) is 0 Å². The van der Waals surface area contributed by atoms with E-state index in [2.05, 4.69) is 138 Å². The van der Waals surface area contributed by atoms with E-state index in [9.17, 15) is 0 Å². The number of para-hydroxylation sites is 1. The molecule has 0 saturated heterocycles. The zero-order valence-electron chi connectivity index (χ0n) is 28.8. The van der Waals surface area contributed by atoms with Crippen LogP contribution in [0.3, 0.4) is 0 Å². The lowest BCUT2D eigenvalue weighted by atomic mass is 9.82. The van der Waals surface area contributed by atoms with E-state index >= 15 is 0 Å². The van der Waals surface area contributed by atoms with Gasteiger partial charge < -0.3 is 4.42 Å². The highest BCUT2D eigenvalue weighted by atomic mass is 16.3. The van der Waals surface area contributed by atoms with Crippen molar-refractivity contribution in [2.45, 2.75) is 20.3 Å². The fourth-order valence-corrected chi connectivity index (χ4v) is 8.22. The Morgan fingerprint density at radius 1 is 0.577 bits per heavy atom. The number of hydrogen-bond donors (Lipinski definition) is 0. The van der Waals surface area contributed by atoms with Crippen LogP contribution in [0.2, 0.25) is 0 Å². The number of furan rings is 1. The van der Waals surface area contributed by atoms with Crippen LogP contribution in [0.4, 0.5) is 0 Å². The fraction of sp³-hybridized carbons (Fsp3) is 0.0638. The van der Waals surface area contributed by atoms with Crippen molar-refractivity contribution in [2.24, 2.45) is 0 Å². The Bertz CT molecular complexity index is 2830. The van der Waals surface area contributed by atoms with Gasteiger partial charge in [-0.1, -0.05) is 109 Å². The molecule has 10 rings (SSSR count). The second-order valence-electron chi connectivity index (χ2n) is 13.5. The molecule has 0 unspecified atom stereocenters. The number of pyridine rings is 1. The highest BCUT2D eigenvalue weighted by molar-refractivity contribution is 6.18. The second kappa shape index (κ2) is 12.0. The Hall–Kier alpha value is -6.72. The Kier molecular flexibility index (Phi) is 6.93. The number of aryl methyl sites for hydroxylation is 1. The first-order valence-corrected chi connectivity index (χ1v) is 17.6. The van der Waals surface area contributed by atoms with Crippen molar-refractivity contribution in [3.8, 4) is 67.0 Å². The Morgan fingerprint density at radius 2 is 1.33 bits per heavy atom. The SMILES string of the molecule is Cc1cc2c(c(-c3ccc4oc5ccccc5c4c3-c3ncc(-c4ccccc4)c(-c4ccccc4)c3-c3ccnnn3)c1C)Cc1ccccc1-2. The molecule has 5 nitrogen and oxygen atoms in total. The van der Waals surface area contributed by atoms with E-state index in [4.69, 9.17) is 9.40 Å². The second-order valence-corrected chi connectivity index (χ2v) is 13.5. The molecule has 0 bridgehead atoms. The first-order chi connectivity index (χ1) is 25.7. The lowest BCUT2D eigenvalue weighted by molar-refractivity contribution is 0.669. The molecule has 0 radical (unpaired) electrons. The maximum absolute atomic E-state index is 6.59. The molecule has 246 valence electrons. The lowest BCUT2D eigenvalue weighted by Gasteiger charge is -2.23. The van der Waals surface area contributed by atoms with Gasteiger partial charge in [-0.2, -0.15) is 0 Å². The van der Waals surface area contributed by atoms with Gasteiger partial charge in [0, 0.05) is 39.2 Å². The summed E-state index contributed by atoms with van der Waals surface area (Å²) in [5.74, 6) is 0. The quantitative estimate of drug-likeness (QED) is 0.183. The molecule has 0 amide bonds. The van der Waals surface area contributed by atoms with Crippen LogP contribution in [0.15, 0.2) is 150 Å². The summed E-state index contributed by atoms with van der Waals surface area (Å²) in [6.45, 7) is 4.48. The molecule has 9 aromatic rings. The molecular formula is C47H32N4O. The van der Waals surface area contributed by atoms with Gasteiger partial charge in [-0.05, 0) is 105 Å². The van der Waals surface area contributed by atoms with Crippen molar-refractivity contribution < 1.29 is 4.42 Å². The normalized spacial score (nSPS) is 12.0. The summed E-state index contributed by atoms with van der Waals surface area (Å²) >= 11 is 0. The number of fused-ring (bicyclic) bond motifs is 6. The minimum Gasteiger partial charge on any atom is -0.456 e. The van der Waals surface area contributed by atoms with Gasteiger partial charge >= 0.3 is 0 Å². The van der Waals surface area contributed by atoms with Crippen molar-refractivity contribution in [1.82, 2.24) is 20.4 Å². The minimum absolute atomic E-state index is 0.698. The van der Waals surface area contributed by atoms with Gasteiger partial charge in [0.15, 0.2) is 0 Å². The predicted octanol–water partition coefficient (Wildman–Crippen LogP) is 11.7. The van der Waals surface area contributed by atoms with E-state index in [1.165, 1.54) is 38.9 Å². The van der Waals surface area contributed by atoms with E-state index in [0.29, 0.717) is 5.69 Å². The first-order valence-electron chi connectivity index (χ1n) is 17.6.